The van der Waals surface area contributed by atoms with E-state index in [4.69, 9.17) is 5.73 Å². The molecule has 0 aliphatic carbocycles. The molecular formula is C10H18N4S. The van der Waals surface area contributed by atoms with E-state index < -0.39 is 0 Å². The highest BCUT2D eigenvalue weighted by Crippen LogP contribution is 2.26. The first-order valence-corrected chi connectivity index (χ1v) is 6.11. The van der Waals surface area contributed by atoms with Crippen molar-refractivity contribution >= 4 is 21.5 Å². The van der Waals surface area contributed by atoms with E-state index in [-0.39, 0.29) is 0 Å². The second-order valence-corrected chi connectivity index (χ2v) is 5.26. The van der Waals surface area contributed by atoms with Crippen LogP contribution in [-0.4, -0.2) is 43.1 Å². The number of nitrogen functional groups attached to an aromatic ring is 1. The molecule has 1 saturated heterocycles. The van der Waals surface area contributed by atoms with Crippen LogP contribution in [0.25, 0.3) is 0 Å². The van der Waals surface area contributed by atoms with E-state index >= 15 is 0 Å². The molecule has 2 heterocycles. The number of likely N-dealkylation sites (N-methyl/N-ethyl adjacent to an activating group) is 2. The standard InChI is InChI=1S/C10H18N4S/c1-13-5-3-4-8(7-13)14(2)10-12-6-9(11)15-10/h6,8H,3-5,7,11H2,1-2H3. The van der Waals surface area contributed by atoms with Gasteiger partial charge in [0.1, 0.15) is 5.00 Å². The molecule has 0 spiro atoms. The molecule has 1 aliphatic rings. The van der Waals surface area contributed by atoms with E-state index in [1.54, 1.807) is 17.5 Å². The summed E-state index contributed by atoms with van der Waals surface area (Å²) in [6.07, 6.45) is 4.26. The minimum absolute atomic E-state index is 0.578. The fourth-order valence-electron chi connectivity index (χ4n) is 2.05. The number of likely N-dealkylation sites (tertiary alicyclic amines) is 1. The Labute approximate surface area is 94.7 Å². The number of nitrogens with two attached hydrogens (primary N) is 1. The van der Waals surface area contributed by atoms with Gasteiger partial charge >= 0.3 is 0 Å². The molecule has 84 valence electrons. The van der Waals surface area contributed by atoms with Crippen LogP contribution in [0.2, 0.25) is 0 Å². The molecule has 1 aliphatic heterocycles. The van der Waals surface area contributed by atoms with Gasteiger partial charge < -0.3 is 15.5 Å². The molecule has 2 rings (SSSR count). The average molecular weight is 226 g/mol. The van der Waals surface area contributed by atoms with Gasteiger partial charge in [-0.1, -0.05) is 11.3 Å². The highest BCUT2D eigenvalue weighted by molar-refractivity contribution is 7.19. The maximum atomic E-state index is 5.69. The molecule has 1 fully saturated rings. The zero-order valence-electron chi connectivity index (χ0n) is 9.31. The van der Waals surface area contributed by atoms with Gasteiger partial charge in [-0.15, -0.1) is 0 Å². The highest BCUT2D eigenvalue weighted by Gasteiger charge is 2.22. The molecule has 5 heteroatoms. The Balaban J connectivity index is 2.03. The number of aromatic nitrogens is 1. The molecule has 0 radical (unpaired) electrons. The van der Waals surface area contributed by atoms with Gasteiger partial charge in [-0.05, 0) is 26.4 Å². The number of anilines is 2. The van der Waals surface area contributed by atoms with Crippen LogP contribution >= 0.6 is 11.3 Å². The molecule has 0 saturated carbocycles. The first-order chi connectivity index (χ1) is 7.16. The Morgan fingerprint density at radius 3 is 3.07 bits per heavy atom. The van der Waals surface area contributed by atoms with Crippen molar-refractivity contribution in [1.29, 1.82) is 0 Å². The predicted octanol–water partition coefficient (Wildman–Crippen LogP) is 1.26. The number of hydrogen-bond donors (Lipinski definition) is 1. The second-order valence-electron chi connectivity index (χ2n) is 4.21. The monoisotopic (exact) mass is 226 g/mol. The van der Waals surface area contributed by atoms with Crippen molar-refractivity contribution in [3.8, 4) is 0 Å². The van der Waals surface area contributed by atoms with Crippen LogP contribution in [0.4, 0.5) is 10.1 Å². The van der Waals surface area contributed by atoms with Crippen LogP contribution in [0.15, 0.2) is 6.20 Å². The van der Waals surface area contributed by atoms with Crippen molar-refractivity contribution in [2.24, 2.45) is 0 Å². The summed E-state index contributed by atoms with van der Waals surface area (Å²) in [5.74, 6) is 0. The van der Waals surface area contributed by atoms with Crippen molar-refractivity contribution in [2.75, 3.05) is 37.8 Å². The van der Waals surface area contributed by atoms with Crippen molar-refractivity contribution < 1.29 is 0 Å². The zero-order valence-corrected chi connectivity index (χ0v) is 10.1. The van der Waals surface area contributed by atoms with Crippen LogP contribution in [-0.2, 0) is 0 Å². The number of nitrogens with zero attached hydrogens (tertiary/aromatic N) is 3. The Bertz CT molecular complexity index is 325. The van der Waals surface area contributed by atoms with Gasteiger partial charge in [-0.3, -0.25) is 0 Å². The SMILES string of the molecule is CN1CCCC(N(C)c2ncc(N)s2)C1. The lowest BCUT2D eigenvalue weighted by Gasteiger charge is -2.35. The topological polar surface area (TPSA) is 45.4 Å². The summed E-state index contributed by atoms with van der Waals surface area (Å²) in [6, 6.07) is 0.578. The summed E-state index contributed by atoms with van der Waals surface area (Å²) in [7, 11) is 4.29. The molecular weight excluding hydrogens is 208 g/mol. The van der Waals surface area contributed by atoms with Crippen LogP contribution < -0.4 is 10.6 Å². The molecule has 0 bridgehead atoms. The van der Waals surface area contributed by atoms with Gasteiger partial charge in [0.25, 0.3) is 0 Å². The van der Waals surface area contributed by atoms with Gasteiger partial charge in [0, 0.05) is 19.6 Å². The lowest BCUT2D eigenvalue weighted by atomic mass is 10.1. The summed E-state index contributed by atoms with van der Waals surface area (Å²) in [5, 5.41) is 1.83. The molecule has 2 N–H and O–H groups in total. The largest absolute Gasteiger partial charge is 0.389 e. The first-order valence-electron chi connectivity index (χ1n) is 5.29. The molecule has 1 aromatic rings. The molecule has 1 aromatic heterocycles. The average Bonchev–Trinajstić information content (AvgIpc) is 2.64. The molecule has 0 aromatic carbocycles. The van der Waals surface area contributed by atoms with E-state index in [9.17, 15) is 0 Å². The molecule has 15 heavy (non-hydrogen) atoms. The van der Waals surface area contributed by atoms with Crippen LogP contribution in [0.3, 0.4) is 0 Å². The number of piperidine rings is 1. The van der Waals surface area contributed by atoms with E-state index in [0.29, 0.717) is 6.04 Å². The second kappa shape index (κ2) is 4.37. The number of hydrogen-bond acceptors (Lipinski definition) is 5. The first kappa shape index (κ1) is 10.7. The van der Waals surface area contributed by atoms with Crippen molar-refractivity contribution in [2.45, 2.75) is 18.9 Å². The molecule has 1 atom stereocenters. The fourth-order valence-corrected chi connectivity index (χ4v) is 2.77. The minimum Gasteiger partial charge on any atom is -0.389 e. The van der Waals surface area contributed by atoms with Gasteiger partial charge in [0.2, 0.25) is 0 Å². The summed E-state index contributed by atoms with van der Waals surface area (Å²) >= 11 is 1.56. The van der Waals surface area contributed by atoms with Crippen molar-refractivity contribution in [1.82, 2.24) is 9.88 Å². The lowest BCUT2D eigenvalue weighted by molar-refractivity contribution is 0.248. The van der Waals surface area contributed by atoms with Crippen LogP contribution in [0.5, 0.6) is 0 Å². The van der Waals surface area contributed by atoms with Crippen molar-refractivity contribution in [3.63, 3.8) is 0 Å². The summed E-state index contributed by atoms with van der Waals surface area (Å²) in [5.41, 5.74) is 5.69. The normalized spacial score (nSPS) is 22.9. The minimum atomic E-state index is 0.578. The molecule has 4 nitrogen and oxygen atoms in total. The fraction of sp³-hybridized carbons (Fsp3) is 0.700. The van der Waals surface area contributed by atoms with E-state index in [1.807, 2.05) is 0 Å². The van der Waals surface area contributed by atoms with Crippen LogP contribution in [0, 0.1) is 0 Å². The van der Waals surface area contributed by atoms with Crippen LogP contribution in [0.1, 0.15) is 12.8 Å². The number of rotatable bonds is 2. The quantitative estimate of drug-likeness (QED) is 0.824. The Morgan fingerprint density at radius 1 is 1.67 bits per heavy atom. The summed E-state index contributed by atoms with van der Waals surface area (Å²) < 4.78 is 0. The molecule has 1 unspecified atom stereocenters. The van der Waals surface area contributed by atoms with E-state index in [0.717, 1.165) is 16.7 Å². The maximum absolute atomic E-state index is 5.69. The smallest absolute Gasteiger partial charge is 0.187 e. The van der Waals surface area contributed by atoms with Crippen molar-refractivity contribution in [3.05, 3.63) is 6.20 Å². The summed E-state index contributed by atoms with van der Waals surface area (Å²) in [6.45, 7) is 2.33. The lowest BCUT2D eigenvalue weighted by Crippen LogP contribution is -2.45. The molecule has 0 amide bonds. The third-order valence-electron chi connectivity index (χ3n) is 2.96. The number of thiazole rings is 1. The maximum Gasteiger partial charge on any atom is 0.187 e. The Hall–Kier alpha value is -0.810. The third kappa shape index (κ3) is 2.41. The summed E-state index contributed by atoms with van der Waals surface area (Å²) in [4.78, 5) is 8.95. The van der Waals surface area contributed by atoms with Gasteiger partial charge in [-0.2, -0.15) is 0 Å². The Kier molecular flexibility index (Phi) is 3.11. The Morgan fingerprint density at radius 2 is 2.47 bits per heavy atom. The van der Waals surface area contributed by atoms with E-state index in [1.165, 1.54) is 19.4 Å². The van der Waals surface area contributed by atoms with Gasteiger partial charge in [0.15, 0.2) is 5.13 Å². The zero-order chi connectivity index (χ0) is 10.8. The highest BCUT2D eigenvalue weighted by atomic mass is 32.1. The predicted molar refractivity (Wildman–Crippen MR) is 65.4 cm³/mol. The van der Waals surface area contributed by atoms with E-state index in [2.05, 4.69) is 28.9 Å². The van der Waals surface area contributed by atoms with Gasteiger partial charge in [0.05, 0.1) is 6.20 Å². The van der Waals surface area contributed by atoms with Gasteiger partial charge in [-0.25, -0.2) is 4.98 Å². The third-order valence-corrected chi connectivity index (χ3v) is 3.88.